The lowest BCUT2D eigenvalue weighted by Crippen LogP contribution is -2.28. The molecule has 0 saturated heterocycles. The number of nitrogens with zero attached hydrogens (tertiary/aromatic N) is 6. The number of imidazole rings is 1. The molecule has 0 unspecified atom stereocenters. The summed E-state index contributed by atoms with van der Waals surface area (Å²) in [6.07, 6.45) is 8.80. The molecule has 1 aliphatic heterocycles. The number of rotatable bonds is 2. The average Bonchev–Trinajstić information content (AvgIpc) is 3.33. The molecule has 0 radical (unpaired) electrons. The molecule has 148 valence electrons. The van der Waals surface area contributed by atoms with Crippen molar-refractivity contribution in [2.45, 2.75) is 12.5 Å². The Morgan fingerprint density at radius 2 is 2.17 bits per heavy atom. The summed E-state index contributed by atoms with van der Waals surface area (Å²) in [4.78, 5) is 28.8. The second kappa shape index (κ2) is 6.21. The smallest absolute Gasteiger partial charge is 0.328 e. The van der Waals surface area contributed by atoms with E-state index in [0.29, 0.717) is 41.1 Å². The highest BCUT2D eigenvalue weighted by molar-refractivity contribution is 5.79. The van der Waals surface area contributed by atoms with Crippen LogP contribution in [0.1, 0.15) is 18.0 Å². The molecule has 1 atom stereocenters. The lowest BCUT2D eigenvalue weighted by molar-refractivity contribution is 0.244. The zero-order valence-electron chi connectivity index (χ0n) is 15.5. The van der Waals surface area contributed by atoms with Gasteiger partial charge in [0.1, 0.15) is 5.52 Å². The summed E-state index contributed by atoms with van der Waals surface area (Å²) in [5, 5.41) is 4.29. The van der Waals surface area contributed by atoms with Crippen LogP contribution < -0.4 is 10.4 Å². The van der Waals surface area contributed by atoms with Crippen LogP contribution in [0, 0.1) is 5.82 Å². The van der Waals surface area contributed by atoms with Crippen LogP contribution >= 0.6 is 0 Å². The molecule has 5 heterocycles. The highest BCUT2D eigenvalue weighted by Gasteiger charge is 2.28. The first-order valence-corrected chi connectivity index (χ1v) is 9.37. The van der Waals surface area contributed by atoms with E-state index in [-0.39, 0.29) is 11.4 Å². The van der Waals surface area contributed by atoms with Crippen LogP contribution in [-0.4, -0.2) is 40.7 Å². The lowest BCUT2D eigenvalue weighted by Gasteiger charge is -2.26. The zero-order chi connectivity index (χ0) is 20.2. The molecular weight excluding hydrogens is 389 g/mol. The van der Waals surface area contributed by atoms with Gasteiger partial charge in [0.15, 0.2) is 23.0 Å². The summed E-state index contributed by atoms with van der Waals surface area (Å²) in [6, 6.07) is 4.33. The molecule has 0 amide bonds. The van der Waals surface area contributed by atoms with E-state index in [2.05, 4.69) is 25.0 Å². The van der Waals surface area contributed by atoms with Gasteiger partial charge in [0.2, 0.25) is 0 Å². The van der Waals surface area contributed by atoms with Gasteiger partial charge in [0.25, 0.3) is 0 Å². The van der Waals surface area contributed by atoms with E-state index in [9.17, 15) is 9.18 Å². The minimum absolute atomic E-state index is 0.179. The Hall–Kier alpha value is -4.08. The van der Waals surface area contributed by atoms with Crippen molar-refractivity contribution in [1.82, 2.24) is 34.1 Å². The fraction of sp³-hybridized carbons (Fsp3) is 0.150. The fourth-order valence-corrected chi connectivity index (χ4v) is 3.98. The van der Waals surface area contributed by atoms with E-state index in [4.69, 9.17) is 4.74 Å². The van der Waals surface area contributed by atoms with Crippen LogP contribution in [0.5, 0.6) is 5.75 Å². The number of hydrogen-bond donors (Lipinski definition) is 1. The summed E-state index contributed by atoms with van der Waals surface area (Å²) < 4.78 is 23.0. The van der Waals surface area contributed by atoms with Crippen LogP contribution in [0.2, 0.25) is 0 Å². The van der Waals surface area contributed by atoms with Crippen molar-refractivity contribution < 1.29 is 9.13 Å². The second-order valence-corrected chi connectivity index (χ2v) is 7.01. The lowest BCUT2D eigenvalue weighted by atomic mass is 10.00. The third-order valence-corrected chi connectivity index (χ3v) is 5.33. The van der Waals surface area contributed by atoms with Crippen molar-refractivity contribution in [1.29, 1.82) is 0 Å². The Kier molecular flexibility index (Phi) is 3.48. The molecule has 0 saturated carbocycles. The maximum absolute atomic E-state index is 14.2. The fourth-order valence-electron chi connectivity index (χ4n) is 3.98. The first-order valence-electron chi connectivity index (χ1n) is 9.37. The molecule has 1 N–H and O–H groups in total. The molecule has 10 heteroatoms. The standard InChI is InChI=1S/C20H14FN7O2/c21-13-3-1-2-11-15(4-7-30-17(11)13)28-19-14(25-20(28)29)9-23-18(26-19)12-8-24-27-6-5-22-10-16(12)27/h1-3,5-6,8-10,15H,4,7H2,(H,25,29)/t15-/m1/s1. The SMILES string of the molecule is O=c1[nH]c2cnc(-c3cnn4ccncc34)nc2n1[C@@H]1CCOc2c(F)cccc21. The number of aromatic nitrogens is 7. The van der Waals surface area contributed by atoms with Gasteiger partial charge in [-0.1, -0.05) is 12.1 Å². The third-order valence-electron chi connectivity index (χ3n) is 5.33. The highest BCUT2D eigenvalue weighted by atomic mass is 19.1. The Labute approximate surface area is 167 Å². The number of nitrogens with one attached hydrogen (secondary N) is 1. The molecule has 30 heavy (non-hydrogen) atoms. The van der Waals surface area contributed by atoms with E-state index in [0.717, 1.165) is 5.52 Å². The van der Waals surface area contributed by atoms with E-state index in [1.165, 1.54) is 6.07 Å². The Balaban J connectivity index is 1.57. The zero-order valence-corrected chi connectivity index (χ0v) is 15.5. The summed E-state index contributed by atoms with van der Waals surface area (Å²) in [7, 11) is 0. The number of ether oxygens (including phenoxy) is 1. The summed E-state index contributed by atoms with van der Waals surface area (Å²) in [6.45, 7) is 0.301. The first kappa shape index (κ1) is 16.8. The maximum atomic E-state index is 14.2. The Morgan fingerprint density at radius 3 is 3.10 bits per heavy atom. The number of benzene rings is 1. The molecule has 6 rings (SSSR count). The number of halogens is 1. The van der Waals surface area contributed by atoms with Gasteiger partial charge < -0.3 is 9.72 Å². The van der Waals surface area contributed by atoms with Crippen molar-refractivity contribution >= 4 is 16.7 Å². The van der Waals surface area contributed by atoms with Crippen molar-refractivity contribution in [3.63, 3.8) is 0 Å². The van der Waals surface area contributed by atoms with E-state index < -0.39 is 11.9 Å². The molecule has 5 aromatic rings. The monoisotopic (exact) mass is 403 g/mol. The van der Waals surface area contributed by atoms with Crippen LogP contribution in [0.3, 0.4) is 0 Å². The molecule has 1 aromatic carbocycles. The van der Waals surface area contributed by atoms with Crippen molar-refractivity contribution in [3.8, 4) is 17.1 Å². The van der Waals surface area contributed by atoms with Crippen LogP contribution in [0.4, 0.5) is 4.39 Å². The van der Waals surface area contributed by atoms with Gasteiger partial charge in [-0.3, -0.25) is 9.55 Å². The molecule has 0 aliphatic carbocycles. The van der Waals surface area contributed by atoms with Crippen LogP contribution in [-0.2, 0) is 0 Å². The summed E-state index contributed by atoms with van der Waals surface area (Å²) in [5.74, 6) is 0.155. The molecular formula is C20H14FN7O2. The number of hydrogen-bond acceptors (Lipinski definition) is 6. The average molecular weight is 403 g/mol. The quantitative estimate of drug-likeness (QED) is 0.485. The highest BCUT2D eigenvalue weighted by Crippen LogP contribution is 2.37. The van der Waals surface area contributed by atoms with Gasteiger partial charge in [0.05, 0.1) is 42.3 Å². The van der Waals surface area contributed by atoms with Gasteiger partial charge in [-0.2, -0.15) is 5.10 Å². The summed E-state index contributed by atoms with van der Waals surface area (Å²) >= 11 is 0. The van der Waals surface area contributed by atoms with Crippen molar-refractivity contribution in [3.05, 3.63) is 71.0 Å². The predicted octanol–water partition coefficient (Wildman–Crippen LogP) is 2.34. The number of aromatic amines is 1. The number of para-hydroxylation sites is 1. The van der Waals surface area contributed by atoms with Crippen molar-refractivity contribution in [2.24, 2.45) is 0 Å². The van der Waals surface area contributed by atoms with Gasteiger partial charge in [-0.15, -0.1) is 0 Å². The van der Waals surface area contributed by atoms with Gasteiger partial charge in [-0.05, 0) is 6.07 Å². The third kappa shape index (κ3) is 2.36. The topological polar surface area (TPSA) is 103 Å². The number of fused-ring (bicyclic) bond motifs is 3. The van der Waals surface area contributed by atoms with E-state index in [1.54, 1.807) is 52.2 Å². The molecule has 0 fully saturated rings. The first-order chi connectivity index (χ1) is 14.7. The minimum Gasteiger partial charge on any atom is -0.490 e. The van der Waals surface area contributed by atoms with Gasteiger partial charge in [0, 0.05) is 24.4 Å². The largest absolute Gasteiger partial charge is 0.490 e. The van der Waals surface area contributed by atoms with E-state index >= 15 is 0 Å². The Bertz CT molecular complexity index is 1490. The maximum Gasteiger partial charge on any atom is 0.328 e. The molecule has 4 aromatic heterocycles. The van der Waals surface area contributed by atoms with E-state index in [1.807, 2.05) is 0 Å². The number of H-pyrrole nitrogens is 1. The van der Waals surface area contributed by atoms with Gasteiger partial charge in [-0.25, -0.2) is 23.7 Å². The molecule has 1 aliphatic rings. The normalized spacial score (nSPS) is 16.0. The molecule has 0 bridgehead atoms. The Morgan fingerprint density at radius 1 is 1.23 bits per heavy atom. The van der Waals surface area contributed by atoms with Crippen molar-refractivity contribution in [2.75, 3.05) is 6.61 Å². The minimum atomic E-state index is -0.445. The van der Waals surface area contributed by atoms with Crippen LogP contribution in [0.25, 0.3) is 28.1 Å². The molecule has 9 nitrogen and oxygen atoms in total. The van der Waals surface area contributed by atoms with Crippen LogP contribution in [0.15, 0.2) is 54.0 Å². The second-order valence-electron chi connectivity index (χ2n) is 7.01. The van der Waals surface area contributed by atoms with Gasteiger partial charge >= 0.3 is 5.69 Å². The summed E-state index contributed by atoms with van der Waals surface area (Å²) in [5.41, 5.74) is 2.67. The molecule has 0 spiro atoms. The predicted molar refractivity (Wildman–Crippen MR) is 105 cm³/mol.